The van der Waals surface area contributed by atoms with Gasteiger partial charge in [-0.15, -0.1) is 0 Å². The fraction of sp³-hybridized carbons (Fsp3) is 0.438. The first-order chi connectivity index (χ1) is 10.8. The highest BCUT2D eigenvalue weighted by Gasteiger charge is 2.31. The molecule has 3 heterocycles. The van der Waals surface area contributed by atoms with Gasteiger partial charge in [0, 0.05) is 19.3 Å². The number of carbonyl (C=O) groups excluding carboxylic acids is 1. The molecule has 0 spiro atoms. The number of hydrogen-bond donors (Lipinski definition) is 0. The molecule has 6 heteroatoms. The molecule has 0 saturated heterocycles. The lowest BCUT2D eigenvalue weighted by Gasteiger charge is -2.27. The number of fused-ring (bicyclic) bond motifs is 1. The van der Waals surface area contributed by atoms with E-state index in [9.17, 15) is 4.79 Å². The minimum absolute atomic E-state index is 0.0956. The van der Waals surface area contributed by atoms with Gasteiger partial charge in [-0.25, -0.2) is 0 Å². The normalized spacial score (nSPS) is 17.5. The van der Waals surface area contributed by atoms with E-state index in [1.165, 1.54) is 12.8 Å². The van der Waals surface area contributed by atoms with Crippen molar-refractivity contribution in [2.75, 3.05) is 13.1 Å². The van der Waals surface area contributed by atoms with Gasteiger partial charge in [-0.1, -0.05) is 0 Å². The summed E-state index contributed by atoms with van der Waals surface area (Å²) in [5.74, 6) is 1.51. The molecule has 2 aliphatic rings. The van der Waals surface area contributed by atoms with Crippen molar-refractivity contribution in [3.63, 3.8) is 0 Å². The van der Waals surface area contributed by atoms with Gasteiger partial charge in [0.2, 0.25) is 0 Å². The molecule has 0 radical (unpaired) electrons. The SMILES string of the molecule is O=C1c2cc(COc3cccnc3)nn2CCN1CC1CC1. The zero-order valence-electron chi connectivity index (χ0n) is 12.3. The summed E-state index contributed by atoms with van der Waals surface area (Å²) >= 11 is 0. The second kappa shape index (κ2) is 5.44. The Morgan fingerprint density at radius 2 is 2.23 bits per heavy atom. The van der Waals surface area contributed by atoms with Crippen molar-refractivity contribution in [3.05, 3.63) is 42.0 Å². The van der Waals surface area contributed by atoms with Gasteiger partial charge in [-0.05, 0) is 37.0 Å². The average Bonchev–Trinajstić information content (AvgIpc) is 3.26. The van der Waals surface area contributed by atoms with Gasteiger partial charge in [-0.3, -0.25) is 14.5 Å². The van der Waals surface area contributed by atoms with Gasteiger partial charge in [0.1, 0.15) is 23.7 Å². The van der Waals surface area contributed by atoms with Crippen LogP contribution in [0.3, 0.4) is 0 Å². The molecule has 0 bridgehead atoms. The van der Waals surface area contributed by atoms with E-state index in [0.717, 1.165) is 25.3 Å². The summed E-state index contributed by atoms with van der Waals surface area (Å²) in [7, 11) is 0. The molecular weight excluding hydrogens is 280 g/mol. The van der Waals surface area contributed by atoms with Crippen LogP contribution in [0.25, 0.3) is 0 Å². The van der Waals surface area contributed by atoms with Crippen LogP contribution in [0.15, 0.2) is 30.6 Å². The largest absolute Gasteiger partial charge is 0.486 e. The Kier molecular flexibility index (Phi) is 3.29. The predicted molar refractivity (Wildman–Crippen MR) is 79.4 cm³/mol. The Morgan fingerprint density at radius 3 is 3.00 bits per heavy atom. The smallest absolute Gasteiger partial charge is 0.272 e. The summed E-state index contributed by atoms with van der Waals surface area (Å²) in [6, 6.07) is 5.52. The van der Waals surface area contributed by atoms with E-state index in [0.29, 0.717) is 24.0 Å². The van der Waals surface area contributed by atoms with Crippen LogP contribution < -0.4 is 4.74 Å². The molecule has 2 aromatic heterocycles. The van der Waals surface area contributed by atoms with Crippen molar-refractivity contribution in [1.29, 1.82) is 0 Å². The van der Waals surface area contributed by atoms with Crippen LogP contribution in [0.4, 0.5) is 0 Å². The van der Waals surface area contributed by atoms with Gasteiger partial charge in [0.25, 0.3) is 5.91 Å². The lowest BCUT2D eigenvalue weighted by atomic mass is 10.2. The summed E-state index contributed by atoms with van der Waals surface area (Å²) in [5.41, 5.74) is 1.46. The topological polar surface area (TPSA) is 60.2 Å². The number of pyridine rings is 1. The molecule has 22 heavy (non-hydrogen) atoms. The second-order valence-electron chi connectivity index (χ2n) is 5.92. The fourth-order valence-electron chi connectivity index (χ4n) is 2.74. The van der Waals surface area contributed by atoms with Gasteiger partial charge >= 0.3 is 0 Å². The molecule has 0 atom stereocenters. The van der Waals surface area contributed by atoms with Crippen molar-refractivity contribution >= 4 is 5.91 Å². The molecule has 0 N–H and O–H groups in total. The summed E-state index contributed by atoms with van der Waals surface area (Å²) < 4.78 is 7.44. The Bertz CT molecular complexity index is 679. The zero-order chi connectivity index (χ0) is 14.9. The number of nitrogens with zero attached hydrogens (tertiary/aromatic N) is 4. The van der Waals surface area contributed by atoms with E-state index in [2.05, 4.69) is 10.1 Å². The zero-order valence-corrected chi connectivity index (χ0v) is 12.3. The highest BCUT2D eigenvalue weighted by molar-refractivity contribution is 5.93. The molecule has 1 saturated carbocycles. The Hall–Kier alpha value is -2.37. The fourth-order valence-corrected chi connectivity index (χ4v) is 2.74. The van der Waals surface area contributed by atoms with E-state index < -0.39 is 0 Å². The van der Waals surface area contributed by atoms with Crippen LogP contribution in [0.2, 0.25) is 0 Å². The minimum Gasteiger partial charge on any atom is -0.486 e. The predicted octanol–water partition coefficient (Wildman–Crippen LogP) is 1.72. The molecule has 1 amide bonds. The van der Waals surface area contributed by atoms with Crippen LogP contribution in [-0.2, 0) is 13.2 Å². The summed E-state index contributed by atoms with van der Waals surface area (Å²) in [6.07, 6.45) is 5.88. The van der Waals surface area contributed by atoms with Crippen LogP contribution in [-0.4, -0.2) is 38.7 Å². The van der Waals surface area contributed by atoms with Crippen LogP contribution >= 0.6 is 0 Å². The minimum atomic E-state index is 0.0956. The highest BCUT2D eigenvalue weighted by Crippen LogP contribution is 2.30. The standard InChI is InChI=1S/C16H18N4O2/c21-16-15-8-13(11-22-14-2-1-5-17-9-14)18-20(15)7-6-19(16)10-12-3-4-12/h1-2,5,8-9,12H,3-4,6-7,10-11H2. The van der Waals surface area contributed by atoms with Crippen molar-refractivity contribution in [3.8, 4) is 5.75 Å². The summed E-state index contributed by atoms with van der Waals surface area (Å²) in [4.78, 5) is 18.4. The van der Waals surface area contributed by atoms with Gasteiger partial charge in [0.15, 0.2) is 0 Å². The third-order valence-electron chi connectivity index (χ3n) is 4.12. The molecule has 1 aliphatic carbocycles. The maximum atomic E-state index is 12.5. The Balaban J connectivity index is 1.45. The van der Waals surface area contributed by atoms with E-state index in [4.69, 9.17) is 4.74 Å². The Labute approximate surface area is 128 Å². The highest BCUT2D eigenvalue weighted by atomic mass is 16.5. The first-order valence-corrected chi connectivity index (χ1v) is 7.68. The number of ether oxygens (including phenoxy) is 1. The molecule has 1 fully saturated rings. The maximum absolute atomic E-state index is 12.5. The van der Waals surface area contributed by atoms with Crippen molar-refractivity contribution in [1.82, 2.24) is 19.7 Å². The summed E-state index contributed by atoms with van der Waals surface area (Å²) in [5, 5.41) is 4.47. The van der Waals surface area contributed by atoms with Crippen LogP contribution in [0, 0.1) is 5.92 Å². The van der Waals surface area contributed by atoms with E-state index >= 15 is 0 Å². The van der Waals surface area contributed by atoms with Crippen LogP contribution in [0.1, 0.15) is 29.0 Å². The van der Waals surface area contributed by atoms with Crippen molar-refractivity contribution in [2.45, 2.75) is 26.0 Å². The number of hydrogen-bond acceptors (Lipinski definition) is 4. The van der Waals surface area contributed by atoms with Crippen LogP contribution in [0.5, 0.6) is 5.75 Å². The van der Waals surface area contributed by atoms with Crippen molar-refractivity contribution in [2.24, 2.45) is 5.92 Å². The average molecular weight is 298 g/mol. The molecule has 0 aromatic carbocycles. The van der Waals surface area contributed by atoms with Crippen molar-refractivity contribution < 1.29 is 9.53 Å². The number of amides is 1. The first kappa shape index (κ1) is 13.3. The van der Waals surface area contributed by atoms with Gasteiger partial charge in [-0.2, -0.15) is 5.10 Å². The number of carbonyl (C=O) groups is 1. The molecule has 114 valence electrons. The first-order valence-electron chi connectivity index (χ1n) is 7.68. The molecular formula is C16H18N4O2. The molecule has 0 unspecified atom stereocenters. The maximum Gasteiger partial charge on any atom is 0.272 e. The van der Waals surface area contributed by atoms with Gasteiger partial charge in [0.05, 0.1) is 12.7 Å². The third-order valence-corrected chi connectivity index (χ3v) is 4.12. The quantitative estimate of drug-likeness (QED) is 0.843. The monoisotopic (exact) mass is 298 g/mol. The number of rotatable bonds is 5. The van der Waals surface area contributed by atoms with E-state index in [1.54, 1.807) is 17.1 Å². The third kappa shape index (κ3) is 2.68. The molecule has 2 aromatic rings. The molecule has 1 aliphatic heterocycles. The lowest BCUT2D eigenvalue weighted by Crippen LogP contribution is -2.41. The number of aromatic nitrogens is 3. The van der Waals surface area contributed by atoms with E-state index in [-0.39, 0.29) is 5.91 Å². The van der Waals surface area contributed by atoms with E-state index in [1.807, 2.05) is 23.1 Å². The lowest BCUT2D eigenvalue weighted by molar-refractivity contribution is 0.0689. The van der Waals surface area contributed by atoms with Gasteiger partial charge < -0.3 is 9.64 Å². The second-order valence-corrected chi connectivity index (χ2v) is 5.92. The molecule has 6 nitrogen and oxygen atoms in total. The Morgan fingerprint density at radius 1 is 1.32 bits per heavy atom. The molecule has 4 rings (SSSR count). The summed E-state index contributed by atoms with van der Waals surface area (Å²) in [6.45, 7) is 2.76.